The summed E-state index contributed by atoms with van der Waals surface area (Å²) in [7, 11) is -5.03. The molecule has 1 aromatic carbocycles. The van der Waals surface area contributed by atoms with Crippen molar-refractivity contribution in [1.29, 1.82) is 0 Å². The summed E-state index contributed by atoms with van der Waals surface area (Å²) >= 11 is 0. The van der Waals surface area contributed by atoms with E-state index >= 15 is 0 Å². The highest BCUT2D eigenvalue weighted by molar-refractivity contribution is 7.90. The third kappa shape index (κ3) is 3.34. The molecule has 23 heavy (non-hydrogen) atoms. The standard InChI is InChI=1S/C14H13NO7S/c1-23(21,22)8-5-6-9(10(7-8)15(19)20)14(18)13-11(16)3-2-4-12(13)17/h5-7,13H,2-4H2,1H3/i1D3,3D2,4D2. The topological polar surface area (TPSA) is 128 Å². The second kappa shape index (κ2) is 5.99. The van der Waals surface area contributed by atoms with E-state index in [-0.39, 0.29) is 6.07 Å². The number of hydrogen-bond acceptors (Lipinski definition) is 7. The number of nitrogens with zero attached hydrogens (tertiary/aromatic N) is 1. The number of ketones is 3. The third-order valence-electron chi connectivity index (χ3n) is 3.05. The Bertz CT molecular complexity index is 1050. The van der Waals surface area contributed by atoms with Crippen molar-refractivity contribution in [1.82, 2.24) is 0 Å². The lowest BCUT2D eigenvalue weighted by molar-refractivity contribution is -0.385. The molecule has 9 heteroatoms. The zero-order chi connectivity index (χ0) is 23.4. The minimum absolute atomic E-state index is 0.274. The summed E-state index contributed by atoms with van der Waals surface area (Å²) in [6.45, 7) is 0. The maximum Gasteiger partial charge on any atom is 0.281 e. The molecule has 0 heterocycles. The van der Waals surface area contributed by atoms with Crippen LogP contribution in [0.4, 0.5) is 5.69 Å². The predicted octanol–water partition coefficient (Wildman–Crippen LogP) is 1.12. The van der Waals surface area contributed by atoms with Gasteiger partial charge in [0.25, 0.3) is 5.69 Å². The molecule has 0 aliphatic heterocycles. The number of benzene rings is 1. The maximum atomic E-state index is 12.7. The van der Waals surface area contributed by atoms with Gasteiger partial charge in [-0.05, 0) is 18.6 Å². The fraction of sp³-hybridized carbons (Fsp3) is 0.357. The van der Waals surface area contributed by atoms with E-state index < -0.39 is 79.5 Å². The molecule has 1 aliphatic rings. The van der Waals surface area contributed by atoms with Gasteiger partial charge in [-0.25, -0.2) is 8.42 Å². The Morgan fingerprint density at radius 3 is 2.48 bits per heavy atom. The van der Waals surface area contributed by atoms with Gasteiger partial charge in [0.2, 0.25) is 0 Å². The fourth-order valence-corrected chi connectivity index (χ4v) is 2.49. The van der Waals surface area contributed by atoms with Gasteiger partial charge in [-0.3, -0.25) is 24.5 Å². The number of carbonyl (C=O) groups excluding carboxylic acids is 3. The van der Waals surface area contributed by atoms with Crippen LogP contribution in [0.3, 0.4) is 0 Å². The van der Waals surface area contributed by atoms with E-state index in [1.54, 1.807) is 0 Å². The molecule has 2 rings (SSSR count). The molecule has 0 unspecified atom stereocenters. The number of Topliss-reactive ketones (excluding diaryl/α,β-unsaturated/α-hetero) is 3. The van der Waals surface area contributed by atoms with Gasteiger partial charge in [0, 0.05) is 34.6 Å². The number of carbonyl (C=O) groups is 3. The fourth-order valence-electron chi connectivity index (χ4n) is 1.97. The lowest BCUT2D eigenvalue weighted by Crippen LogP contribution is -2.35. The van der Waals surface area contributed by atoms with Gasteiger partial charge >= 0.3 is 0 Å². The molecule has 1 aromatic rings. The lowest BCUT2D eigenvalue weighted by Gasteiger charge is -2.18. The Balaban J connectivity index is 2.66. The van der Waals surface area contributed by atoms with Crippen LogP contribution in [0.2, 0.25) is 0 Å². The summed E-state index contributed by atoms with van der Waals surface area (Å²) in [5, 5.41) is 11.4. The second-order valence-electron chi connectivity index (χ2n) is 4.50. The number of hydrogen-bond donors (Lipinski definition) is 0. The van der Waals surface area contributed by atoms with E-state index in [9.17, 15) is 32.9 Å². The van der Waals surface area contributed by atoms with Gasteiger partial charge in [-0.15, -0.1) is 0 Å². The molecule has 0 bridgehead atoms. The minimum Gasteiger partial charge on any atom is -0.298 e. The first-order valence-corrected chi connectivity index (χ1v) is 7.49. The highest BCUT2D eigenvalue weighted by Gasteiger charge is 2.39. The Hall–Kier alpha value is -2.42. The van der Waals surface area contributed by atoms with Crippen molar-refractivity contribution >= 4 is 32.9 Å². The maximum absolute atomic E-state index is 12.7. The molecule has 0 radical (unpaired) electrons. The molecule has 0 spiro atoms. The van der Waals surface area contributed by atoms with Gasteiger partial charge < -0.3 is 0 Å². The summed E-state index contributed by atoms with van der Waals surface area (Å²) in [6, 6.07) is 1.36. The molecule has 1 aliphatic carbocycles. The van der Waals surface area contributed by atoms with Crippen LogP contribution >= 0.6 is 0 Å². The summed E-state index contributed by atoms with van der Waals surface area (Å²) < 4.78 is 75.4. The van der Waals surface area contributed by atoms with Crippen LogP contribution in [0.25, 0.3) is 0 Å². The SMILES string of the molecule is [2H]C1([2H])CC([2H])([2H])C(=O)C(C(=O)c2ccc(S(=O)(=O)C([2H])([2H])[2H])cc2[N+](=O)[O-])C1=O. The molecule has 1 saturated carbocycles. The van der Waals surface area contributed by atoms with Crippen molar-refractivity contribution in [3.8, 4) is 0 Å². The molecule has 0 N–H and O–H groups in total. The number of sulfone groups is 1. The van der Waals surface area contributed by atoms with Gasteiger partial charge in [0.05, 0.1) is 15.4 Å². The van der Waals surface area contributed by atoms with Crippen LogP contribution in [0.5, 0.6) is 0 Å². The Kier molecular flexibility index (Phi) is 2.52. The quantitative estimate of drug-likeness (QED) is 0.346. The van der Waals surface area contributed by atoms with Gasteiger partial charge in [0.15, 0.2) is 27.2 Å². The van der Waals surface area contributed by atoms with Crippen LogP contribution in [0.1, 0.15) is 39.1 Å². The molecule has 0 atom stereocenters. The van der Waals surface area contributed by atoms with Crippen LogP contribution in [0, 0.1) is 16.0 Å². The summed E-state index contributed by atoms with van der Waals surface area (Å²) in [5.41, 5.74) is -2.21. The van der Waals surface area contributed by atoms with E-state index in [0.717, 1.165) is 0 Å². The van der Waals surface area contributed by atoms with E-state index in [0.29, 0.717) is 12.1 Å². The van der Waals surface area contributed by atoms with E-state index in [2.05, 4.69) is 0 Å². The van der Waals surface area contributed by atoms with E-state index in [1.165, 1.54) is 0 Å². The first-order valence-electron chi connectivity index (χ1n) is 9.50. The first kappa shape index (κ1) is 9.66. The molecule has 0 saturated heterocycles. The highest BCUT2D eigenvalue weighted by Crippen LogP contribution is 2.28. The van der Waals surface area contributed by atoms with E-state index in [4.69, 9.17) is 9.60 Å². The molecular formula is C14H13NO7S. The largest absolute Gasteiger partial charge is 0.298 e. The van der Waals surface area contributed by atoms with Gasteiger partial charge in [0.1, 0.15) is 5.92 Å². The smallest absolute Gasteiger partial charge is 0.281 e. The van der Waals surface area contributed by atoms with Crippen LogP contribution in [-0.4, -0.2) is 36.9 Å². The van der Waals surface area contributed by atoms with Crippen LogP contribution in [-0.2, 0) is 19.4 Å². The highest BCUT2D eigenvalue weighted by atomic mass is 32.2. The minimum atomic E-state index is -5.03. The zero-order valence-corrected chi connectivity index (χ0v) is 12.0. The normalized spacial score (nSPS) is 25.8. The summed E-state index contributed by atoms with van der Waals surface area (Å²) in [4.78, 5) is 46.4. The van der Waals surface area contributed by atoms with Crippen molar-refractivity contribution < 1.29 is 37.3 Å². The molecular weight excluding hydrogens is 326 g/mol. The molecule has 8 nitrogen and oxygen atoms in total. The lowest BCUT2D eigenvalue weighted by atomic mass is 9.81. The predicted molar refractivity (Wildman–Crippen MR) is 77.9 cm³/mol. The van der Waals surface area contributed by atoms with E-state index in [1.807, 2.05) is 0 Å². The number of nitro groups is 1. The molecule has 0 aromatic heterocycles. The van der Waals surface area contributed by atoms with Crippen molar-refractivity contribution in [2.45, 2.75) is 24.1 Å². The molecule has 0 amide bonds. The summed E-state index contributed by atoms with van der Waals surface area (Å²) in [6.07, 6.45) is -10.5. The molecule has 122 valence electrons. The van der Waals surface area contributed by atoms with Crippen molar-refractivity contribution in [2.75, 3.05) is 6.18 Å². The number of nitro benzene ring substituents is 1. The number of rotatable bonds is 4. The Labute approximate surface area is 141 Å². The molecule has 1 fully saturated rings. The van der Waals surface area contributed by atoms with Gasteiger partial charge in [-0.2, -0.15) is 0 Å². The average Bonchev–Trinajstić information content (AvgIpc) is 2.58. The average molecular weight is 346 g/mol. The van der Waals surface area contributed by atoms with Crippen molar-refractivity contribution in [3.63, 3.8) is 0 Å². The monoisotopic (exact) mass is 346 g/mol. The Morgan fingerprint density at radius 2 is 1.96 bits per heavy atom. The summed E-state index contributed by atoms with van der Waals surface area (Å²) in [5.74, 6) is -7.28. The van der Waals surface area contributed by atoms with Crippen molar-refractivity contribution in [3.05, 3.63) is 33.9 Å². The van der Waals surface area contributed by atoms with Gasteiger partial charge in [-0.1, -0.05) is 0 Å². The van der Waals surface area contributed by atoms with Crippen molar-refractivity contribution in [2.24, 2.45) is 5.92 Å². The van der Waals surface area contributed by atoms with Crippen LogP contribution < -0.4 is 0 Å². The Morgan fingerprint density at radius 1 is 1.35 bits per heavy atom. The third-order valence-corrected chi connectivity index (χ3v) is 3.93. The van der Waals surface area contributed by atoms with Crippen LogP contribution in [0.15, 0.2) is 23.1 Å². The zero-order valence-electron chi connectivity index (χ0n) is 18.2. The second-order valence-corrected chi connectivity index (χ2v) is 5.97. The first-order chi connectivity index (χ1) is 13.3.